The van der Waals surface area contributed by atoms with Crippen LogP contribution in [0.1, 0.15) is 45.7 Å². The smallest absolute Gasteiger partial charge is 0.331 e. The lowest BCUT2D eigenvalue weighted by Crippen LogP contribution is -2.66. The van der Waals surface area contributed by atoms with Crippen LogP contribution in [0.25, 0.3) is 34.4 Å². The lowest BCUT2D eigenvalue weighted by molar-refractivity contribution is -0.372. The van der Waals surface area contributed by atoms with Gasteiger partial charge in [-0.1, -0.05) is 24.3 Å². The minimum Gasteiger partial charge on any atom is -0.508 e. The van der Waals surface area contributed by atoms with Gasteiger partial charge in [0.25, 0.3) is 0 Å². The van der Waals surface area contributed by atoms with Crippen molar-refractivity contribution in [1.82, 2.24) is 0 Å². The first-order valence-electron chi connectivity index (χ1n) is 33.0. The number of aliphatic hydroxyl groups is 13. The van der Waals surface area contributed by atoms with E-state index < -0.39 is 242 Å². The second kappa shape index (κ2) is 32.6. The molecule has 6 aliphatic heterocycles. The zero-order valence-corrected chi connectivity index (χ0v) is 55.9. The average molecular weight is 1470 g/mol. The van der Waals surface area contributed by atoms with Gasteiger partial charge in [0.1, 0.15) is 143 Å². The van der Waals surface area contributed by atoms with Crippen molar-refractivity contribution >= 4 is 35.1 Å². The van der Waals surface area contributed by atoms with Gasteiger partial charge in [0.15, 0.2) is 43.1 Å². The molecule has 6 fully saturated rings. The predicted octanol–water partition coefficient (Wildman–Crippen LogP) is -2.40. The van der Waals surface area contributed by atoms with Gasteiger partial charge in [0.05, 0.1) is 37.1 Å². The molecule has 104 heavy (non-hydrogen) atoms. The topological polar surface area (TPSA) is 537 Å². The fourth-order valence-electron chi connectivity index (χ4n) is 12.5. The SMILES string of the molecule is CC1OC(OCC2OC(Oc3c(-c4ccc(O)cc4)oc4cc(OC5OC(C)C(OC(=O)C=Cc6ccc(O)cc6)C(OC6OC(C)C(O)C(OC7OC(C)C(O)C(O)C7O)C6O)C5O)cc(O)c4c3=O)C(OC(=O)C=Cc3ccc(O)cc3)C(OC3OC(C)C(O)C(O)C3O)C2O)C(O)C(O)C1O. The van der Waals surface area contributed by atoms with Crippen molar-refractivity contribution in [3.63, 3.8) is 0 Å². The summed E-state index contributed by atoms with van der Waals surface area (Å²) in [7, 11) is 0. The Morgan fingerprint density at radius 1 is 0.413 bits per heavy atom. The van der Waals surface area contributed by atoms with Crippen LogP contribution in [0.3, 0.4) is 0 Å². The summed E-state index contributed by atoms with van der Waals surface area (Å²) in [5.74, 6) is -5.52. The highest BCUT2D eigenvalue weighted by Crippen LogP contribution is 2.42. The van der Waals surface area contributed by atoms with Crippen LogP contribution in [0.4, 0.5) is 0 Å². The fraction of sp³-hybridized carbons (Fsp3) is 0.522. The third-order valence-electron chi connectivity index (χ3n) is 18.5. The Balaban J connectivity index is 0.946. The van der Waals surface area contributed by atoms with Crippen molar-refractivity contribution in [2.75, 3.05) is 6.61 Å². The monoisotopic (exact) mass is 1470 g/mol. The van der Waals surface area contributed by atoms with E-state index in [2.05, 4.69) is 0 Å². The first-order valence-corrected chi connectivity index (χ1v) is 33.0. The van der Waals surface area contributed by atoms with E-state index in [1.165, 1.54) is 120 Å². The maximum Gasteiger partial charge on any atom is 0.331 e. The van der Waals surface area contributed by atoms with Crippen LogP contribution in [0.2, 0.25) is 0 Å². The molecule has 30 unspecified atom stereocenters. The summed E-state index contributed by atoms with van der Waals surface area (Å²) < 4.78 is 90.2. The van der Waals surface area contributed by atoms with Gasteiger partial charge in [-0.3, -0.25) is 4.79 Å². The molecule has 11 rings (SSSR count). The van der Waals surface area contributed by atoms with Gasteiger partial charge in [-0.2, -0.15) is 0 Å². The van der Waals surface area contributed by atoms with Crippen molar-refractivity contribution < 1.29 is 167 Å². The summed E-state index contributed by atoms with van der Waals surface area (Å²) in [4.78, 5) is 43.2. The summed E-state index contributed by atoms with van der Waals surface area (Å²) in [6, 6.07) is 18.0. The van der Waals surface area contributed by atoms with Crippen molar-refractivity contribution in [1.29, 1.82) is 0 Å². The van der Waals surface area contributed by atoms with Crippen LogP contribution in [0.5, 0.6) is 34.5 Å². The number of hydrogen-bond donors (Lipinski definition) is 17. The van der Waals surface area contributed by atoms with E-state index >= 15 is 4.79 Å². The number of phenols is 4. The van der Waals surface area contributed by atoms with Crippen molar-refractivity contribution in [2.45, 2.75) is 219 Å². The van der Waals surface area contributed by atoms with Gasteiger partial charge in [-0.15, -0.1) is 0 Å². The van der Waals surface area contributed by atoms with E-state index in [-0.39, 0.29) is 22.8 Å². The first-order chi connectivity index (χ1) is 49.3. The molecule has 568 valence electrons. The van der Waals surface area contributed by atoms with Crippen molar-refractivity contribution in [3.05, 3.63) is 118 Å². The zero-order chi connectivity index (χ0) is 75.0. The number of rotatable bonds is 20. The number of ether oxygens (including phenoxy) is 14. The molecule has 0 amide bonds. The Morgan fingerprint density at radius 2 is 0.837 bits per heavy atom. The zero-order valence-electron chi connectivity index (χ0n) is 55.9. The Labute approximate surface area is 590 Å². The lowest BCUT2D eigenvalue weighted by Gasteiger charge is -2.48. The number of benzene rings is 4. The van der Waals surface area contributed by atoms with E-state index in [0.29, 0.717) is 11.1 Å². The molecule has 35 nitrogen and oxygen atoms in total. The maximum atomic E-state index is 15.4. The Kier molecular flexibility index (Phi) is 24.3. The lowest BCUT2D eigenvalue weighted by atomic mass is 9.96. The summed E-state index contributed by atoms with van der Waals surface area (Å²) in [6.45, 7) is 5.90. The van der Waals surface area contributed by atoms with Crippen molar-refractivity contribution in [3.8, 4) is 45.8 Å². The standard InChI is InChI=1S/C69H82O35/c1-25-43(76)49(82)52(85)64(91-25)90-24-39-47(80)60(102-66-54(87)51(84)45(78)27(3)93-66)63(100-41(75)21-11-31-8-16-34(71)17-9-31)69(98-39)104-61-48(81)42-37(73)22-36(23-38(42)97-58(61)32-12-18-35(72)19-13-32)96-67-56(89)62(57(29(5)95-67)99-40(74)20-10-30-6-14-33(70)15-7-30)103-68-55(88)59(46(79)28(4)94-68)101-65-53(86)50(83)44(77)26(2)92-65/h6-23,25-29,39,43-47,49-57,59-60,62-73,76-80,82-89H,24H2,1-5H3. The second-order valence-electron chi connectivity index (χ2n) is 25.9. The number of esters is 2. The largest absolute Gasteiger partial charge is 0.508 e. The van der Waals surface area contributed by atoms with Crippen LogP contribution >= 0.6 is 0 Å². The molecule has 5 aromatic rings. The molecule has 0 aliphatic carbocycles. The average Bonchev–Trinajstić information content (AvgIpc) is 0.752. The number of aliphatic hydroxyl groups excluding tert-OH is 13. The Bertz CT molecular complexity index is 3860. The molecule has 1 aromatic heterocycles. The third kappa shape index (κ3) is 16.8. The van der Waals surface area contributed by atoms with Crippen LogP contribution in [-0.2, 0) is 66.4 Å². The van der Waals surface area contributed by atoms with Crippen molar-refractivity contribution in [2.24, 2.45) is 0 Å². The van der Waals surface area contributed by atoms with E-state index in [4.69, 9.17) is 70.7 Å². The minimum atomic E-state index is -2.25. The van der Waals surface area contributed by atoms with Gasteiger partial charge in [0.2, 0.25) is 23.8 Å². The number of phenolic OH excluding ortho intramolecular Hbond substituents is 4. The number of aromatic hydroxyl groups is 4. The van der Waals surface area contributed by atoms with E-state index in [9.17, 15) is 96.4 Å². The Hall–Kier alpha value is -7.61. The molecular formula is C69H82O35. The molecule has 0 radical (unpaired) electrons. The highest BCUT2D eigenvalue weighted by molar-refractivity contribution is 5.89. The normalized spacial score (nSPS) is 38.4. The van der Waals surface area contributed by atoms with Crippen LogP contribution in [0, 0.1) is 0 Å². The van der Waals surface area contributed by atoms with E-state index in [0.717, 1.165) is 24.3 Å². The highest BCUT2D eigenvalue weighted by atomic mass is 16.8. The molecule has 30 atom stereocenters. The van der Waals surface area contributed by atoms with Gasteiger partial charge in [-0.25, -0.2) is 9.59 Å². The van der Waals surface area contributed by atoms with Crippen LogP contribution in [0.15, 0.2) is 106 Å². The first kappa shape index (κ1) is 77.5. The third-order valence-corrected chi connectivity index (χ3v) is 18.5. The number of carbonyl (C=O) groups is 2. The summed E-state index contributed by atoms with van der Waals surface area (Å²) in [5.41, 5.74) is -1.02. The van der Waals surface area contributed by atoms with Gasteiger partial charge in [-0.05, 0) is 106 Å². The molecule has 35 heteroatoms. The van der Waals surface area contributed by atoms with E-state index in [1.54, 1.807) is 0 Å². The summed E-state index contributed by atoms with van der Waals surface area (Å²) >= 11 is 0. The number of fused-ring (bicyclic) bond motifs is 1. The highest BCUT2D eigenvalue weighted by Gasteiger charge is 2.57. The summed E-state index contributed by atoms with van der Waals surface area (Å²) in [5, 5.41) is 186. The Morgan fingerprint density at radius 3 is 1.36 bits per heavy atom. The molecule has 17 N–H and O–H groups in total. The number of hydrogen-bond acceptors (Lipinski definition) is 35. The van der Waals surface area contributed by atoms with E-state index in [1.807, 2.05) is 0 Å². The molecule has 0 saturated carbocycles. The van der Waals surface area contributed by atoms with Crippen LogP contribution < -0.4 is 14.9 Å². The molecule has 0 bridgehead atoms. The molecule has 0 spiro atoms. The minimum absolute atomic E-state index is 0.0596. The molecular weight excluding hydrogens is 1390 g/mol. The molecule has 6 saturated heterocycles. The van der Waals surface area contributed by atoms with Gasteiger partial charge >= 0.3 is 11.9 Å². The second-order valence-corrected chi connectivity index (χ2v) is 25.9. The van der Waals surface area contributed by atoms with Gasteiger partial charge in [0, 0.05) is 29.8 Å². The maximum absolute atomic E-state index is 15.4. The predicted molar refractivity (Wildman–Crippen MR) is 346 cm³/mol. The molecule has 4 aromatic carbocycles. The number of carbonyl (C=O) groups excluding carboxylic acids is 2. The molecule has 6 aliphatic rings. The molecule has 7 heterocycles. The van der Waals surface area contributed by atoms with Gasteiger partial charge < -0.3 is 158 Å². The summed E-state index contributed by atoms with van der Waals surface area (Å²) in [6.07, 6.45) is -48.7. The fourth-order valence-corrected chi connectivity index (χ4v) is 12.5. The van der Waals surface area contributed by atoms with Crippen LogP contribution in [-0.4, -0.2) is 290 Å². The quantitative estimate of drug-likeness (QED) is 0.0285.